The number of ether oxygens (including phenoxy) is 1. The fourth-order valence-corrected chi connectivity index (χ4v) is 4.32. The largest absolute Gasteiger partial charge is 0.447 e. The minimum atomic E-state index is -0.642. The summed E-state index contributed by atoms with van der Waals surface area (Å²) in [4.78, 5) is 38.8. The fourth-order valence-electron chi connectivity index (χ4n) is 4.32. The van der Waals surface area contributed by atoms with E-state index in [9.17, 15) is 14.0 Å². The Labute approximate surface area is 210 Å². The summed E-state index contributed by atoms with van der Waals surface area (Å²) in [5, 5.41) is 0. The molecule has 0 unspecified atom stereocenters. The van der Waals surface area contributed by atoms with Gasteiger partial charge >= 0.3 is 6.09 Å². The minimum Gasteiger partial charge on any atom is -0.447 e. The molecule has 1 aliphatic rings. The molecule has 192 valence electrons. The number of hydrogen-bond acceptors (Lipinski definition) is 6. The van der Waals surface area contributed by atoms with Gasteiger partial charge in [0.25, 0.3) is 5.91 Å². The van der Waals surface area contributed by atoms with Crippen LogP contribution in [0.1, 0.15) is 70.6 Å². The highest BCUT2D eigenvalue weighted by Gasteiger charge is 2.41. The third kappa shape index (κ3) is 5.20. The van der Waals surface area contributed by atoms with Gasteiger partial charge in [-0.1, -0.05) is 13.8 Å². The molecule has 2 amide bonds. The van der Waals surface area contributed by atoms with Gasteiger partial charge in [-0.05, 0) is 64.8 Å². The number of halogens is 1. The van der Waals surface area contributed by atoms with Gasteiger partial charge in [-0.2, -0.15) is 0 Å². The number of aromatic nitrogens is 2. The van der Waals surface area contributed by atoms with E-state index in [-0.39, 0.29) is 23.4 Å². The van der Waals surface area contributed by atoms with Crippen molar-refractivity contribution in [3.8, 4) is 11.4 Å². The van der Waals surface area contributed by atoms with Gasteiger partial charge in [-0.15, -0.1) is 0 Å². The molecule has 1 saturated heterocycles. The Hall–Kier alpha value is -3.49. The van der Waals surface area contributed by atoms with Crippen molar-refractivity contribution in [3.63, 3.8) is 0 Å². The predicted molar refractivity (Wildman–Crippen MR) is 134 cm³/mol. The van der Waals surface area contributed by atoms with Gasteiger partial charge in [-0.25, -0.2) is 19.2 Å². The number of piperazine rings is 1. The van der Waals surface area contributed by atoms with Crippen LogP contribution in [0.4, 0.5) is 9.18 Å². The SMILES string of the molecule is CC(C)c1nc(-c2ccc(F)cc2)nc2cc(C(=O)N3CCN(C(=O)OC(C)(C)C)CC3(C)C)oc12. The van der Waals surface area contributed by atoms with Crippen LogP contribution in [0, 0.1) is 5.82 Å². The highest BCUT2D eigenvalue weighted by molar-refractivity contribution is 5.96. The average molecular weight is 497 g/mol. The minimum absolute atomic E-state index is 0.0117. The number of nitrogens with zero attached hydrogens (tertiary/aromatic N) is 4. The normalized spacial score (nSPS) is 16.0. The average Bonchev–Trinajstić information content (AvgIpc) is 3.20. The molecule has 3 heterocycles. The molecule has 0 spiro atoms. The first-order chi connectivity index (χ1) is 16.7. The number of furan rings is 1. The molecule has 36 heavy (non-hydrogen) atoms. The van der Waals surface area contributed by atoms with E-state index in [2.05, 4.69) is 9.97 Å². The molecule has 1 aliphatic heterocycles. The topological polar surface area (TPSA) is 88.8 Å². The number of amides is 2. The molecule has 0 bridgehead atoms. The second-order valence-electron chi connectivity index (χ2n) is 11.1. The third-order valence-corrected chi connectivity index (χ3v) is 6.06. The van der Waals surface area contributed by atoms with Crippen LogP contribution < -0.4 is 0 Å². The second kappa shape index (κ2) is 9.19. The van der Waals surface area contributed by atoms with Crippen molar-refractivity contribution in [1.82, 2.24) is 19.8 Å². The van der Waals surface area contributed by atoms with Crippen LogP contribution in [0.3, 0.4) is 0 Å². The monoisotopic (exact) mass is 496 g/mol. The lowest BCUT2D eigenvalue weighted by Gasteiger charge is -2.46. The fraction of sp³-hybridized carbons (Fsp3) is 0.481. The molecule has 8 nitrogen and oxygen atoms in total. The van der Waals surface area contributed by atoms with Gasteiger partial charge in [0.1, 0.15) is 16.9 Å². The Balaban J connectivity index is 1.63. The third-order valence-electron chi connectivity index (χ3n) is 6.06. The molecular weight excluding hydrogens is 463 g/mol. The molecule has 1 aromatic carbocycles. The highest BCUT2D eigenvalue weighted by Crippen LogP contribution is 2.31. The van der Waals surface area contributed by atoms with Crippen LogP contribution in [-0.2, 0) is 4.74 Å². The Bertz CT molecular complexity index is 1290. The maximum Gasteiger partial charge on any atom is 0.410 e. The van der Waals surface area contributed by atoms with Crippen LogP contribution in [0.15, 0.2) is 34.7 Å². The summed E-state index contributed by atoms with van der Waals surface area (Å²) in [6.45, 7) is 14.3. The van der Waals surface area contributed by atoms with Crippen molar-refractivity contribution < 1.29 is 23.1 Å². The number of fused-ring (bicyclic) bond motifs is 1. The molecule has 0 atom stereocenters. The molecule has 0 radical (unpaired) electrons. The lowest BCUT2D eigenvalue weighted by molar-refractivity contribution is -0.0117. The summed E-state index contributed by atoms with van der Waals surface area (Å²) in [6.07, 6.45) is -0.392. The Kier molecular flexibility index (Phi) is 6.53. The molecule has 0 saturated carbocycles. The van der Waals surface area contributed by atoms with E-state index in [0.717, 1.165) is 0 Å². The zero-order valence-corrected chi connectivity index (χ0v) is 21.9. The van der Waals surface area contributed by atoms with Crippen molar-refractivity contribution >= 4 is 23.1 Å². The van der Waals surface area contributed by atoms with Crippen molar-refractivity contribution in [2.75, 3.05) is 19.6 Å². The zero-order chi connectivity index (χ0) is 26.4. The Morgan fingerprint density at radius 1 is 1.11 bits per heavy atom. The molecule has 1 fully saturated rings. The molecule has 3 aromatic rings. The summed E-state index contributed by atoms with van der Waals surface area (Å²) in [7, 11) is 0. The predicted octanol–water partition coefficient (Wildman–Crippen LogP) is 5.62. The number of carbonyl (C=O) groups is 2. The number of benzene rings is 1. The van der Waals surface area contributed by atoms with E-state index in [4.69, 9.17) is 9.15 Å². The van der Waals surface area contributed by atoms with E-state index in [1.807, 2.05) is 48.5 Å². The molecule has 2 aromatic heterocycles. The van der Waals surface area contributed by atoms with Gasteiger partial charge in [0.15, 0.2) is 17.2 Å². The van der Waals surface area contributed by atoms with Gasteiger partial charge in [-0.3, -0.25) is 4.79 Å². The highest BCUT2D eigenvalue weighted by atomic mass is 19.1. The van der Waals surface area contributed by atoms with Gasteiger partial charge in [0.05, 0.1) is 11.2 Å². The summed E-state index contributed by atoms with van der Waals surface area (Å²) in [6, 6.07) is 7.61. The maximum absolute atomic E-state index is 13.6. The quantitative estimate of drug-likeness (QED) is 0.467. The number of hydrogen-bond donors (Lipinski definition) is 0. The Morgan fingerprint density at radius 3 is 2.36 bits per heavy atom. The zero-order valence-electron chi connectivity index (χ0n) is 21.9. The number of carbonyl (C=O) groups excluding carboxylic acids is 2. The standard InChI is InChI=1S/C27H33FN4O4/c1-16(2)21-22-19(29-23(30-21)17-8-10-18(28)11-9-17)14-20(35-22)24(33)32-13-12-31(15-27(32,6)7)25(34)36-26(3,4)5/h8-11,14,16H,12-13,15H2,1-7H3. The summed E-state index contributed by atoms with van der Waals surface area (Å²) < 4.78 is 25.0. The van der Waals surface area contributed by atoms with E-state index in [1.54, 1.807) is 28.0 Å². The van der Waals surface area contributed by atoms with Crippen LogP contribution >= 0.6 is 0 Å². The molecule has 4 rings (SSSR count). The lowest BCUT2D eigenvalue weighted by atomic mass is 9.98. The molecule has 0 aliphatic carbocycles. The number of rotatable bonds is 3. The van der Waals surface area contributed by atoms with Crippen molar-refractivity contribution in [2.45, 2.75) is 65.5 Å². The van der Waals surface area contributed by atoms with Crippen LogP contribution in [0.25, 0.3) is 22.5 Å². The van der Waals surface area contributed by atoms with Gasteiger partial charge in [0, 0.05) is 31.3 Å². The second-order valence-corrected chi connectivity index (χ2v) is 11.1. The molecule has 0 N–H and O–H groups in total. The van der Waals surface area contributed by atoms with Crippen molar-refractivity contribution in [1.29, 1.82) is 0 Å². The lowest BCUT2D eigenvalue weighted by Crippen LogP contribution is -2.62. The van der Waals surface area contributed by atoms with E-state index >= 15 is 0 Å². The van der Waals surface area contributed by atoms with Crippen LogP contribution in [-0.4, -0.2) is 62.5 Å². The van der Waals surface area contributed by atoms with Crippen molar-refractivity contribution in [2.24, 2.45) is 0 Å². The summed E-state index contributed by atoms with van der Waals surface area (Å²) >= 11 is 0. The van der Waals surface area contributed by atoms with Gasteiger partial charge in [0.2, 0.25) is 0 Å². The van der Waals surface area contributed by atoms with E-state index in [0.29, 0.717) is 47.8 Å². The van der Waals surface area contributed by atoms with Crippen LogP contribution in [0.5, 0.6) is 0 Å². The first-order valence-electron chi connectivity index (χ1n) is 12.1. The van der Waals surface area contributed by atoms with Gasteiger partial charge < -0.3 is 19.0 Å². The molecular formula is C27H33FN4O4. The summed E-state index contributed by atoms with van der Waals surface area (Å²) in [5.41, 5.74) is 1.09. The first kappa shape index (κ1) is 25.6. The first-order valence-corrected chi connectivity index (χ1v) is 12.1. The summed E-state index contributed by atoms with van der Waals surface area (Å²) in [5.74, 6) is 0.000491. The van der Waals surface area contributed by atoms with Crippen LogP contribution in [0.2, 0.25) is 0 Å². The Morgan fingerprint density at radius 2 is 1.78 bits per heavy atom. The molecule has 9 heteroatoms. The maximum atomic E-state index is 13.6. The van der Waals surface area contributed by atoms with Crippen molar-refractivity contribution in [3.05, 3.63) is 47.6 Å². The van der Waals surface area contributed by atoms with E-state index in [1.165, 1.54) is 12.1 Å². The smallest absolute Gasteiger partial charge is 0.410 e. The van der Waals surface area contributed by atoms with E-state index < -0.39 is 17.2 Å².